The van der Waals surface area contributed by atoms with Gasteiger partial charge in [-0.05, 0) is 118 Å². The number of rotatable bonds is 11. The Morgan fingerprint density at radius 1 is 1.06 bits per heavy atom. The molecular formula is C36H44F4N4O3. The third-order valence-corrected chi connectivity index (χ3v) is 9.73. The van der Waals surface area contributed by atoms with Gasteiger partial charge in [0.25, 0.3) is 0 Å². The van der Waals surface area contributed by atoms with Crippen LogP contribution in [0.25, 0.3) is 0 Å². The number of halogens is 4. The zero-order chi connectivity index (χ0) is 33.9. The fraction of sp³-hybridized carbons (Fsp3) is 0.500. The minimum absolute atomic E-state index is 0.0394. The van der Waals surface area contributed by atoms with E-state index in [-0.39, 0.29) is 29.4 Å². The fourth-order valence-electron chi connectivity index (χ4n) is 7.58. The van der Waals surface area contributed by atoms with Crippen LogP contribution in [0.1, 0.15) is 80.8 Å². The van der Waals surface area contributed by atoms with Gasteiger partial charge in [0.05, 0.1) is 5.69 Å². The van der Waals surface area contributed by atoms with Crippen LogP contribution >= 0.6 is 0 Å². The number of benzene rings is 2. The van der Waals surface area contributed by atoms with Crippen LogP contribution in [-0.2, 0) is 17.8 Å². The zero-order valence-corrected chi connectivity index (χ0v) is 27.4. The van der Waals surface area contributed by atoms with Crippen molar-refractivity contribution in [1.82, 2.24) is 19.6 Å². The van der Waals surface area contributed by atoms with Gasteiger partial charge in [-0.1, -0.05) is 24.3 Å². The van der Waals surface area contributed by atoms with E-state index in [0.717, 1.165) is 74.3 Å². The molecule has 0 bridgehead atoms. The Labute approximate surface area is 273 Å². The quantitative estimate of drug-likeness (QED) is 0.170. The molecule has 47 heavy (non-hydrogen) atoms. The molecule has 1 aliphatic heterocycles. The first-order chi connectivity index (χ1) is 22.3. The zero-order valence-electron chi connectivity index (χ0n) is 27.4. The number of hydrogen-bond donors (Lipinski definition) is 1. The molecule has 254 valence electrons. The molecule has 0 spiro atoms. The fourth-order valence-corrected chi connectivity index (χ4v) is 7.58. The Bertz CT molecular complexity index is 1560. The Morgan fingerprint density at radius 2 is 1.77 bits per heavy atom. The number of carboxylic acids is 1. The molecule has 3 atom stereocenters. The number of allylic oxidation sites excluding steroid dienone is 1. The van der Waals surface area contributed by atoms with Crippen molar-refractivity contribution < 1.29 is 32.2 Å². The van der Waals surface area contributed by atoms with E-state index in [1.165, 1.54) is 23.9 Å². The molecule has 1 saturated heterocycles. The summed E-state index contributed by atoms with van der Waals surface area (Å²) in [6, 6.07) is 14.9. The summed E-state index contributed by atoms with van der Waals surface area (Å²) in [5.74, 6) is -0.702. The predicted octanol–water partition coefficient (Wildman–Crippen LogP) is 7.58. The molecule has 1 aromatic heterocycles. The molecule has 0 radical (unpaired) electrons. The molecule has 2 aliphatic rings. The molecule has 2 fully saturated rings. The Kier molecular flexibility index (Phi) is 10.6. The number of aromatic nitrogens is 2. The third-order valence-electron chi connectivity index (χ3n) is 9.73. The van der Waals surface area contributed by atoms with Crippen LogP contribution in [-0.4, -0.2) is 69.7 Å². The van der Waals surface area contributed by atoms with Gasteiger partial charge < -0.3 is 19.6 Å². The lowest BCUT2D eigenvalue weighted by atomic mass is 9.87. The van der Waals surface area contributed by atoms with Crippen molar-refractivity contribution in [2.45, 2.75) is 83.7 Å². The van der Waals surface area contributed by atoms with Gasteiger partial charge in [0.2, 0.25) is 0 Å². The van der Waals surface area contributed by atoms with Crippen LogP contribution in [0.2, 0.25) is 0 Å². The summed E-state index contributed by atoms with van der Waals surface area (Å²) in [6.45, 7) is 9.12. The number of likely N-dealkylation sites (N-methyl/N-ethyl adjacent to an activating group) is 1. The number of piperidine rings is 1. The monoisotopic (exact) mass is 656 g/mol. The number of alkyl halides is 3. The number of ether oxygens (including phenoxy) is 1. The number of aryl methyl sites for hydroxylation is 1. The minimum atomic E-state index is -4.72. The molecular weight excluding hydrogens is 612 g/mol. The number of nitrogens with zero attached hydrogens (tertiary/aromatic N) is 4. The topological polar surface area (TPSA) is 70.8 Å². The normalized spacial score (nSPS) is 20.7. The highest BCUT2D eigenvalue weighted by Gasteiger charge is 2.40. The molecule has 3 aromatic rings. The van der Waals surface area contributed by atoms with Crippen LogP contribution < -0.4 is 4.74 Å². The summed E-state index contributed by atoms with van der Waals surface area (Å²) in [5, 5.41) is 14.7. The summed E-state index contributed by atoms with van der Waals surface area (Å²) in [5.41, 5.74) is 4.98. The lowest BCUT2D eigenvalue weighted by Crippen LogP contribution is -2.38. The largest absolute Gasteiger partial charge is 0.573 e. The molecule has 0 amide bonds. The molecule has 1 saturated carbocycles. The number of carboxylic acid groups (broad SMARTS) is 1. The highest BCUT2D eigenvalue weighted by Crippen LogP contribution is 2.44. The second kappa shape index (κ2) is 14.5. The van der Waals surface area contributed by atoms with E-state index in [4.69, 9.17) is 5.10 Å². The van der Waals surface area contributed by atoms with Gasteiger partial charge >= 0.3 is 12.3 Å². The first-order valence-electron chi connectivity index (χ1n) is 16.3. The van der Waals surface area contributed by atoms with Crippen LogP contribution in [0.5, 0.6) is 5.75 Å². The van der Waals surface area contributed by atoms with Crippen molar-refractivity contribution >= 4 is 5.97 Å². The van der Waals surface area contributed by atoms with E-state index in [1.807, 2.05) is 36.5 Å². The van der Waals surface area contributed by atoms with Crippen LogP contribution in [0.15, 0.2) is 65.9 Å². The van der Waals surface area contributed by atoms with Gasteiger partial charge in [-0.2, -0.15) is 5.10 Å². The number of likely N-dealkylation sites (tertiary alicyclic amines) is 1. The number of carbonyl (C=O) groups is 1. The van der Waals surface area contributed by atoms with E-state index in [2.05, 4.69) is 22.6 Å². The van der Waals surface area contributed by atoms with Crippen LogP contribution in [0, 0.1) is 11.7 Å². The van der Waals surface area contributed by atoms with Crippen molar-refractivity contribution in [3.8, 4) is 5.75 Å². The standard InChI is InChI=1S/C36H44F4N4O3/c1-5-44-33(20-29(41-44)17-24-9-11-31(12-10-24)47-36(38,39)40)25-13-15-43(16-14-25)22-27-19-30(42(4)34(23(2)3)35(45)46)21-32(27)26-7-6-8-28(37)18-26/h6-12,18,20,25,27,30,32H,5,13-17,19,21-22H2,1-4H3,(H,45,46)/t27?,30-,32+/m0/s1. The van der Waals surface area contributed by atoms with Crippen molar-refractivity contribution in [3.63, 3.8) is 0 Å². The van der Waals surface area contributed by atoms with E-state index in [9.17, 15) is 27.5 Å². The average molecular weight is 657 g/mol. The van der Waals surface area contributed by atoms with Crippen molar-refractivity contribution in [1.29, 1.82) is 0 Å². The summed E-state index contributed by atoms with van der Waals surface area (Å²) in [7, 11) is 1.86. The highest BCUT2D eigenvalue weighted by molar-refractivity contribution is 5.86. The summed E-state index contributed by atoms with van der Waals surface area (Å²) >= 11 is 0. The summed E-state index contributed by atoms with van der Waals surface area (Å²) in [6.07, 6.45) is -0.673. The number of hydrogen-bond acceptors (Lipinski definition) is 5. The second-order valence-corrected chi connectivity index (χ2v) is 13.1. The maximum Gasteiger partial charge on any atom is 0.573 e. The average Bonchev–Trinajstić information content (AvgIpc) is 3.62. The highest BCUT2D eigenvalue weighted by atomic mass is 19.4. The van der Waals surface area contributed by atoms with Gasteiger partial charge in [0.1, 0.15) is 17.3 Å². The van der Waals surface area contributed by atoms with Crippen molar-refractivity contribution in [2.24, 2.45) is 5.92 Å². The van der Waals surface area contributed by atoms with Gasteiger partial charge in [-0.15, -0.1) is 13.2 Å². The van der Waals surface area contributed by atoms with E-state index in [1.54, 1.807) is 24.3 Å². The maximum atomic E-state index is 14.3. The molecule has 2 heterocycles. The molecule has 7 nitrogen and oxygen atoms in total. The van der Waals surface area contributed by atoms with Gasteiger partial charge in [0.15, 0.2) is 0 Å². The first kappa shape index (κ1) is 34.5. The molecule has 11 heteroatoms. The van der Waals surface area contributed by atoms with E-state index < -0.39 is 12.3 Å². The molecule has 1 unspecified atom stereocenters. The Balaban J connectivity index is 1.24. The molecule has 2 aromatic carbocycles. The van der Waals surface area contributed by atoms with E-state index >= 15 is 0 Å². The first-order valence-corrected chi connectivity index (χ1v) is 16.3. The van der Waals surface area contributed by atoms with Crippen molar-refractivity contribution in [2.75, 3.05) is 26.7 Å². The summed E-state index contributed by atoms with van der Waals surface area (Å²) < 4.78 is 57.9. The lowest BCUT2D eigenvalue weighted by molar-refractivity contribution is -0.274. The Hall–Kier alpha value is -3.86. The van der Waals surface area contributed by atoms with E-state index in [0.29, 0.717) is 18.0 Å². The predicted molar refractivity (Wildman–Crippen MR) is 172 cm³/mol. The molecule has 1 aliphatic carbocycles. The van der Waals surface area contributed by atoms with Crippen molar-refractivity contribution in [3.05, 3.63) is 94.2 Å². The smallest absolute Gasteiger partial charge is 0.477 e. The van der Waals surface area contributed by atoms with Crippen LogP contribution in [0.3, 0.4) is 0 Å². The van der Waals surface area contributed by atoms with Gasteiger partial charge in [0, 0.05) is 44.2 Å². The summed E-state index contributed by atoms with van der Waals surface area (Å²) in [4.78, 5) is 16.5. The third kappa shape index (κ3) is 8.54. The Morgan fingerprint density at radius 3 is 2.36 bits per heavy atom. The number of aliphatic carboxylic acids is 1. The SMILES string of the molecule is CCn1nc(Cc2ccc(OC(F)(F)F)cc2)cc1C1CCN(CC2C[C@H](N(C)C(C(=O)O)=C(C)C)C[C@@H]2c2cccc(F)c2)CC1. The maximum absolute atomic E-state index is 14.3. The van der Waals surface area contributed by atoms with Gasteiger partial charge in [-0.25, -0.2) is 9.18 Å². The second-order valence-electron chi connectivity index (χ2n) is 13.1. The molecule has 1 N–H and O–H groups in total. The minimum Gasteiger partial charge on any atom is -0.477 e. The molecule has 5 rings (SSSR count). The van der Waals surface area contributed by atoms with Crippen LogP contribution in [0.4, 0.5) is 17.6 Å². The van der Waals surface area contributed by atoms with Gasteiger partial charge in [-0.3, -0.25) is 4.68 Å². The lowest BCUT2D eigenvalue weighted by Gasteiger charge is -2.35.